The molecule has 1 heterocycles. The van der Waals surface area contributed by atoms with Crippen molar-refractivity contribution in [3.63, 3.8) is 0 Å². The molecule has 1 aromatic heterocycles. The monoisotopic (exact) mass is 269 g/mol. The predicted octanol–water partition coefficient (Wildman–Crippen LogP) is 2.35. The summed E-state index contributed by atoms with van der Waals surface area (Å²) in [6.07, 6.45) is 7.00. The van der Waals surface area contributed by atoms with Gasteiger partial charge in [0.2, 0.25) is 5.91 Å². The Bertz CT molecular complexity index is 573. The number of benzene rings is 1. The van der Waals surface area contributed by atoms with Crippen molar-refractivity contribution in [2.24, 2.45) is 5.92 Å². The lowest BCUT2D eigenvalue weighted by atomic mass is 9.85. The van der Waals surface area contributed by atoms with Crippen molar-refractivity contribution in [1.29, 1.82) is 0 Å². The van der Waals surface area contributed by atoms with Crippen molar-refractivity contribution in [1.82, 2.24) is 15.1 Å². The molecular formula is C16H19N3O. The second-order valence-electron chi connectivity index (χ2n) is 5.32. The zero-order valence-electron chi connectivity index (χ0n) is 11.5. The molecule has 1 aromatic carbocycles. The highest BCUT2D eigenvalue weighted by atomic mass is 16.1. The van der Waals surface area contributed by atoms with E-state index in [1.165, 1.54) is 12.0 Å². The molecule has 0 radical (unpaired) electrons. The average Bonchev–Trinajstić information content (AvgIpc) is 2.88. The standard InChI is InChI=1S/C16H19N3O/c20-16(13-7-3-8-13)17-11-14-5-1-2-6-15(14)12-19-10-4-9-18-19/h1-2,4-6,9-10,13H,3,7-8,11-12H2,(H,17,20). The highest BCUT2D eigenvalue weighted by molar-refractivity contribution is 5.79. The molecule has 20 heavy (non-hydrogen) atoms. The van der Waals surface area contributed by atoms with Gasteiger partial charge in [-0.25, -0.2) is 0 Å². The fraction of sp³-hybridized carbons (Fsp3) is 0.375. The number of nitrogens with zero attached hydrogens (tertiary/aromatic N) is 2. The van der Waals surface area contributed by atoms with E-state index in [0.29, 0.717) is 6.54 Å². The summed E-state index contributed by atoms with van der Waals surface area (Å²) in [5, 5.41) is 7.28. The average molecular weight is 269 g/mol. The SMILES string of the molecule is O=C(NCc1ccccc1Cn1cccn1)C1CCC1. The van der Waals surface area contributed by atoms with Crippen LogP contribution >= 0.6 is 0 Å². The molecule has 0 saturated heterocycles. The Morgan fingerprint density at radius 1 is 1.25 bits per heavy atom. The first kappa shape index (κ1) is 12.9. The van der Waals surface area contributed by atoms with Crippen LogP contribution in [0.3, 0.4) is 0 Å². The van der Waals surface area contributed by atoms with Gasteiger partial charge in [-0.1, -0.05) is 30.7 Å². The molecular weight excluding hydrogens is 250 g/mol. The number of carbonyl (C=O) groups excluding carboxylic acids is 1. The lowest BCUT2D eigenvalue weighted by Crippen LogP contribution is -2.34. The van der Waals surface area contributed by atoms with Crippen LogP contribution in [-0.4, -0.2) is 15.7 Å². The molecule has 0 spiro atoms. The van der Waals surface area contributed by atoms with Gasteiger partial charge in [-0.2, -0.15) is 5.10 Å². The van der Waals surface area contributed by atoms with Crippen molar-refractivity contribution < 1.29 is 4.79 Å². The Balaban J connectivity index is 1.64. The number of hydrogen-bond donors (Lipinski definition) is 1. The van der Waals surface area contributed by atoms with E-state index in [1.807, 2.05) is 29.1 Å². The first-order chi connectivity index (χ1) is 9.83. The summed E-state index contributed by atoms with van der Waals surface area (Å²) >= 11 is 0. The van der Waals surface area contributed by atoms with Crippen LogP contribution in [0.25, 0.3) is 0 Å². The van der Waals surface area contributed by atoms with Crippen LogP contribution < -0.4 is 5.32 Å². The molecule has 1 aliphatic carbocycles. The number of nitrogens with one attached hydrogen (secondary N) is 1. The maximum atomic E-state index is 11.9. The largest absolute Gasteiger partial charge is 0.352 e. The van der Waals surface area contributed by atoms with Crippen molar-refractivity contribution >= 4 is 5.91 Å². The molecule has 1 aliphatic rings. The van der Waals surface area contributed by atoms with E-state index in [1.54, 1.807) is 6.20 Å². The first-order valence-corrected chi connectivity index (χ1v) is 7.15. The predicted molar refractivity (Wildman–Crippen MR) is 77.0 cm³/mol. The van der Waals surface area contributed by atoms with E-state index < -0.39 is 0 Å². The smallest absolute Gasteiger partial charge is 0.223 e. The van der Waals surface area contributed by atoms with Crippen LogP contribution in [0.1, 0.15) is 30.4 Å². The third kappa shape index (κ3) is 2.90. The van der Waals surface area contributed by atoms with E-state index in [4.69, 9.17) is 0 Å². The van der Waals surface area contributed by atoms with Gasteiger partial charge in [-0.05, 0) is 30.0 Å². The topological polar surface area (TPSA) is 46.9 Å². The summed E-state index contributed by atoms with van der Waals surface area (Å²) in [5.74, 6) is 0.443. The minimum Gasteiger partial charge on any atom is -0.352 e. The number of hydrogen-bond acceptors (Lipinski definition) is 2. The molecule has 0 bridgehead atoms. The van der Waals surface area contributed by atoms with E-state index in [-0.39, 0.29) is 11.8 Å². The van der Waals surface area contributed by atoms with Crippen molar-refractivity contribution in [3.05, 3.63) is 53.9 Å². The summed E-state index contributed by atoms with van der Waals surface area (Å²) < 4.78 is 1.90. The maximum Gasteiger partial charge on any atom is 0.223 e. The number of rotatable bonds is 5. The number of aromatic nitrogens is 2. The third-order valence-corrected chi connectivity index (χ3v) is 3.94. The highest BCUT2D eigenvalue weighted by Gasteiger charge is 2.24. The van der Waals surface area contributed by atoms with Gasteiger partial charge in [0.1, 0.15) is 0 Å². The molecule has 0 atom stereocenters. The Hall–Kier alpha value is -2.10. The fourth-order valence-electron chi connectivity index (χ4n) is 2.45. The van der Waals surface area contributed by atoms with Gasteiger partial charge in [-0.3, -0.25) is 9.48 Å². The van der Waals surface area contributed by atoms with Crippen LogP contribution in [-0.2, 0) is 17.9 Å². The lowest BCUT2D eigenvalue weighted by Gasteiger charge is -2.24. The van der Waals surface area contributed by atoms with Crippen LogP contribution in [0.2, 0.25) is 0 Å². The second kappa shape index (κ2) is 5.90. The molecule has 1 amide bonds. The molecule has 104 valence electrons. The zero-order valence-corrected chi connectivity index (χ0v) is 11.5. The minimum atomic E-state index is 0.199. The summed E-state index contributed by atoms with van der Waals surface area (Å²) in [6.45, 7) is 1.34. The molecule has 1 N–H and O–H groups in total. The van der Waals surface area contributed by atoms with Crippen LogP contribution in [0.5, 0.6) is 0 Å². The normalized spacial score (nSPS) is 14.8. The van der Waals surface area contributed by atoms with Gasteiger partial charge in [0.05, 0.1) is 6.54 Å². The van der Waals surface area contributed by atoms with Crippen LogP contribution in [0.15, 0.2) is 42.7 Å². The maximum absolute atomic E-state index is 11.9. The van der Waals surface area contributed by atoms with Crippen molar-refractivity contribution in [2.45, 2.75) is 32.4 Å². The van der Waals surface area contributed by atoms with Crippen LogP contribution in [0.4, 0.5) is 0 Å². The summed E-state index contributed by atoms with van der Waals surface area (Å²) in [4.78, 5) is 11.9. The fourth-order valence-corrected chi connectivity index (χ4v) is 2.45. The molecule has 4 nitrogen and oxygen atoms in total. The number of carbonyl (C=O) groups is 1. The Kier molecular flexibility index (Phi) is 3.81. The van der Waals surface area contributed by atoms with E-state index in [0.717, 1.165) is 24.9 Å². The van der Waals surface area contributed by atoms with Gasteiger partial charge in [0, 0.05) is 24.9 Å². The first-order valence-electron chi connectivity index (χ1n) is 7.15. The molecule has 0 aliphatic heterocycles. The van der Waals surface area contributed by atoms with Crippen LogP contribution in [0, 0.1) is 5.92 Å². The molecule has 3 rings (SSSR count). The quantitative estimate of drug-likeness (QED) is 0.905. The van der Waals surface area contributed by atoms with Gasteiger partial charge in [-0.15, -0.1) is 0 Å². The highest BCUT2D eigenvalue weighted by Crippen LogP contribution is 2.26. The van der Waals surface area contributed by atoms with Crippen molar-refractivity contribution in [3.8, 4) is 0 Å². The Morgan fingerprint density at radius 2 is 2.05 bits per heavy atom. The van der Waals surface area contributed by atoms with E-state index >= 15 is 0 Å². The van der Waals surface area contributed by atoms with Gasteiger partial charge < -0.3 is 5.32 Å². The molecule has 2 aromatic rings. The zero-order chi connectivity index (χ0) is 13.8. The van der Waals surface area contributed by atoms with E-state index in [2.05, 4.69) is 22.5 Å². The van der Waals surface area contributed by atoms with Crippen molar-refractivity contribution in [2.75, 3.05) is 0 Å². The van der Waals surface area contributed by atoms with Gasteiger partial charge in [0.25, 0.3) is 0 Å². The molecule has 4 heteroatoms. The van der Waals surface area contributed by atoms with E-state index in [9.17, 15) is 4.79 Å². The summed E-state index contributed by atoms with van der Waals surface area (Å²) in [6, 6.07) is 10.1. The second-order valence-corrected chi connectivity index (χ2v) is 5.32. The molecule has 0 unspecified atom stereocenters. The van der Waals surface area contributed by atoms with Gasteiger partial charge >= 0.3 is 0 Å². The lowest BCUT2D eigenvalue weighted by molar-refractivity contribution is -0.127. The minimum absolute atomic E-state index is 0.199. The Morgan fingerprint density at radius 3 is 2.70 bits per heavy atom. The Labute approximate surface area is 118 Å². The molecule has 1 saturated carbocycles. The summed E-state index contributed by atoms with van der Waals surface area (Å²) in [7, 11) is 0. The summed E-state index contributed by atoms with van der Waals surface area (Å²) in [5.41, 5.74) is 2.36. The van der Waals surface area contributed by atoms with Gasteiger partial charge in [0.15, 0.2) is 0 Å². The number of amides is 1. The molecule has 1 fully saturated rings. The third-order valence-electron chi connectivity index (χ3n) is 3.94.